The Morgan fingerprint density at radius 1 is 1.05 bits per heavy atom. The number of furan rings is 1. The fraction of sp³-hybridized carbons (Fsp3) is 0.294. The molecule has 4 heteroatoms. The van der Waals surface area contributed by atoms with E-state index in [1.165, 1.54) is 9.75 Å². The monoisotopic (exact) mass is 317 g/mol. The zero-order valence-corrected chi connectivity index (χ0v) is 13.6. The molecule has 0 amide bonds. The maximum Gasteiger partial charge on any atom is 0.105 e. The van der Waals surface area contributed by atoms with Crippen LogP contribution in [-0.2, 0) is 12.8 Å². The molecule has 0 aliphatic rings. The van der Waals surface area contributed by atoms with Crippen LogP contribution in [0.25, 0.3) is 0 Å². The Morgan fingerprint density at radius 2 is 1.90 bits per heavy atom. The summed E-state index contributed by atoms with van der Waals surface area (Å²) in [6.45, 7) is 2.22. The van der Waals surface area contributed by atoms with Crippen LogP contribution in [0.3, 0.4) is 0 Å². The summed E-state index contributed by atoms with van der Waals surface area (Å²) in [5.74, 6) is 1.04. The maximum absolute atomic E-state index is 5.45. The summed E-state index contributed by atoms with van der Waals surface area (Å²) < 4.78 is 5.45. The van der Waals surface area contributed by atoms with E-state index in [2.05, 4.69) is 47.3 Å². The molecule has 0 aromatic carbocycles. The number of hydrogen-bond acceptors (Lipinski definition) is 4. The van der Waals surface area contributed by atoms with Crippen LogP contribution in [0.1, 0.15) is 28.5 Å². The molecule has 3 aromatic rings. The zero-order chi connectivity index (χ0) is 14.5. The molecule has 2 unspecified atom stereocenters. The molecule has 3 heterocycles. The molecule has 0 saturated carbocycles. The van der Waals surface area contributed by atoms with Crippen LogP contribution in [0.5, 0.6) is 0 Å². The Labute approximate surface area is 133 Å². The van der Waals surface area contributed by atoms with Gasteiger partial charge in [0, 0.05) is 34.7 Å². The van der Waals surface area contributed by atoms with Crippen molar-refractivity contribution in [3.05, 3.63) is 68.9 Å². The van der Waals surface area contributed by atoms with E-state index >= 15 is 0 Å². The van der Waals surface area contributed by atoms with E-state index in [0.717, 1.165) is 18.6 Å². The number of hydrogen-bond donors (Lipinski definition) is 1. The van der Waals surface area contributed by atoms with E-state index in [-0.39, 0.29) is 0 Å². The molecular formula is C17H19NOS2. The summed E-state index contributed by atoms with van der Waals surface area (Å²) in [5, 5.41) is 8.05. The van der Waals surface area contributed by atoms with Crippen molar-refractivity contribution in [1.82, 2.24) is 5.32 Å². The number of rotatable bonds is 7. The largest absolute Gasteiger partial charge is 0.469 e. The van der Waals surface area contributed by atoms with Crippen LogP contribution < -0.4 is 5.32 Å². The Morgan fingerprint density at radius 3 is 2.57 bits per heavy atom. The second-order valence-corrected chi connectivity index (χ2v) is 7.21. The quantitative estimate of drug-likeness (QED) is 0.670. The second kappa shape index (κ2) is 7.07. The SMILES string of the molecule is CC(Cc1ccco1)NC(Cc1cccs1)c1cccs1. The van der Waals surface area contributed by atoms with Crippen LogP contribution in [0.15, 0.2) is 57.8 Å². The molecule has 0 spiro atoms. The Hall–Kier alpha value is -1.36. The topological polar surface area (TPSA) is 25.2 Å². The Bertz CT molecular complexity index is 614. The number of thiophene rings is 2. The molecular weight excluding hydrogens is 298 g/mol. The Balaban J connectivity index is 1.67. The van der Waals surface area contributed by atoms with E-state index < -0.39 is 0 Å². The van der Waals surface area contributed by atoms with Gasteiger partial charge in [-0.15, -0.1) is 22.7 Å². The summed E-state index contributed by atoms with van der Waals surface area (Å²) in [7, 11) is 0. The third kappa shape index (κ3) is 4.06. The van der Waals surface area contributed by atoms with E-state index in [0.29, 0.717) is 12.1 Å². The van der Waals surface area contributed by atoms with Crippen LogP contribution in [0.4, 0.5) is 0 Å². The van der Waals surface area contributed by atoms with Crippen molar-refractivity contribution in [3.63, 3.8) is 0 Å². The van der Waals surface area contributed by atoms with Crippen molar-refractivity contribution >= 4 is 22.7 Å². The molecule has 0 saturated heterocycles. The molecule has 0 aliphatic heterocycles. The second-order valence-electron chi connectivity index (χ2n) is 5.20. The summed E-state index contributed by atoms with van der Waals surface area (Å²) in [6, 6.07) is 13.4. The van der Waals surface area contributed by atoms with Gasteiger partial charge >= 0.3 is 0 Å². The molecule has 0 fully saturated rings. The Kier molecular flexibility index (Phi) is 4.91. The summed E-state index contributed by atoms with van der Waals surface area (Å²) in [6.07, 6.45) is 3.70. The lowest BCUT2D eigenvalue weighted by Crippen LogP contribution is -2.32. The van der Waals surface area contributed by atoms with Gasteiger partial charge in [0.05, 0.1) is 6.26 Å². The molecule has 0 radical (unpaired) electrons. The van der Waals surface area contributed by atoms with Crippen molar-refractivity contribution in [2.45, 2.75) is 31.8 Å². The minimum Gasteiger partial charge on any atom is -0.469 e. The van der Waals surface area contributed by atoms with E-state index in [9.17, 15) is 0 Å². The van der Waals surface area contributed by atoms with Gasteiger partial charge in [-0.2, -0.15) is 0 Å². The summed E-state index contributed by atoms with van der Waals surface area (Å²) >= 11 is 3.65. The van der Waals surface area contributed by atoms with Crippen LogP contribution in [0, 0.1) is 0 Å². The van der Waals surface area contributed by atoms with Crippen molar-refractivity contribution in [2.75, 3.05) is 0 Å². The average Bonchev–Trinajstić information content (AvgIpc) is 3.22. The fourth-order valence-electron chi connectivity index (χ4n) is 2.49. The van der Waals surface area contributed by atoms with Gasteiger partial charge in [0.15, 0.2) is 0 Å². The lowest BCUT2D eigenvalue weighted by molar-refractivity contribution is 0.418. The maximum atomic E-state index is 5.45. The van der Waals surface area contributed by atoms with Crippen molar-refractivity contribution in [3.8, 4) is 0 Å². The first-order valence-corrected chi connectivity index (χ1v) is 8.91. The predicted octanol–water partition coefficient (Wildman–Crippen LogP) is 4.91. The lowest BCUT2D eigenvalue weighted by Gasteiger charge is -2.21. The van der Waals surface area contributed by atoms with Gasteiger partial charge in [-0.1, -0.05) is 12.1 Å². The molecule has 110 valence electrons. The van der Waals surface area contributed by atoms with Gasteiger partial charge in [-0.05, 0) is 41.9 Å². The summed E-state index contributed by atoms with van der Waals surface area (Å²) in [4.78, 5) is 2.82. The third-order valence-electron chi connectivity index (χ3n) is 3.45. The molecule has 2 atom stereocenters. The third-order valence-corrected chi connectivity index (χ3v) is 5.33. The van der Waals surface area contributed by atoms with Gasteiger partial charge in [-0.25, -0.2) is 0 Å². The van der Waals surface area contributed by atoms with Crippen molar-refractivity contribution in [2.24, 2.45) is 0 Å². The van der Waals surface area contributed by atoms with Crippen molar-refractivity contribution < 1.29 is 4.42 Å². The zero-order valence-electron chi connectivity index (χ0n) is 12.0. The van der Waals surface area contributed by atoms with Gasteiger partial charge in [0.1, 0.15) is 5.76 Å². The molecule has 0 aliphatic carbocycles. The molecule has 1 N–H and O–H groups in total. The van der Waals surface area contributed by atoms with Gasteiger partial charge in [0.25, 0.3) is 0 Å². The molecule has 0 bridgehead atoms. The van der Waals surface area contributed by atoms with Gasteiger partial charge in [0.2, 0.25) is 0 Å². The van der Waals surface area contributed by atoms with Crippen LogP contribution in [-0.4, -0.2) is 6.04 Å². The first kappa shape index (κ1) is 14.6. The van der Waals surface area contributed by atoms with E-state index in [4.69, 9.17) is 4.42 Å². The smallest absolute Gasteiger partial charge is 0.105 e. The normalized spacial score (nSPS) is 14.1. The first-order valence-electron chi connectivity index (χ1n) is 7.15. The lowest BCUT2D eigenvalue weighted by atomic mass is 10.1. The number of nitrogens with one attached hydrogen (secondary N) is 1. The van der Waals surface area contributed by atoms with Gasteiger partial charge in [-0.3, -0.25) is 0 Å². The predicted molar refractivity (Wildman–Crippen MR) is 90.1 cm³/mol. The minimum absolute atomic E-state index is 0.369. The molecule has 3 rings (SSSR count). The molecule has 3 aromatic heterocycles. The summed E-state index contributed by atoms with van der Waals surface area (Å²) in [5.41, 5.74) is 0. The van der Waals surface area contributed by atoms with Crippen LogP contribution in [0.2, 0.25) is 0 Å². The highest BCUT2D eigenvalue weighted by Gasteiger charge is 2.17. The fourth-order valence-corrected chi connectivity index (χ4v) is 4.03. The molecule has 2 nitrogen and oxygen atoms in total. The highest BCUT2D eigenvalue weighted by molar-refractivity contribution is 7.10. The average molecular weight is 317 g/mol. The standard InChI is InChI=1S/C17H19NOS2/c1-13(11-14-5-2-8-19-14)18-16(17-7-4-10-21-17)12-15-6-3-9-20-15/h2-10,13,16,18H,11-12H2,1H3. The van der Waals surface area contributed by atoms with E-state index in [1.807, 2.05) is 34.8 Å². The first-order chi connectivity index (χ1) is 10.3. The highest BCUT2D eigenvalue weighted by Crippen LogP contribution is 2.25. The highest BCUT2D eigenvalue weighted by atomic mass is 32.1. The van der Waals surface area contributed by atoms with Crippen LogP contribution >= 0.6 is 22.7 Å². The van der Waals surface area contributed by atoms with Gasteiger partial charge < -0.3 is 9.73 Å². The molecule has 21 heavy (non-hydrogen) atoms. The minimum atomic E-state index is 0.369. The van der Waals surface area contributed by atoms with Crippen molar-refractivity contribution in [1.29, 1.82) is 0 Å². The van der Waals surface area contributed by atoms with E-state index in [1.54, 1.807) is 6.26 Å².